The summed E-state index contributed by atoms with van der Waals surface area (Å²) in [6, 6.07) is 0. The number of nitrogens with two attached hydrogens (primary N) is 1. The van der Waals surface area contributed by atoms with Crippen LogP contribution in [0.1, 0.15) is 25.5 Å². The Morgan fingerprint density at radius 1 is 1.38 bits per heavy atom. The van der Waals surface area contributed by atoms with Gasteiger partial charge in [-0.15, -0.1) is 10.2 Å². The smallest absolute Gasteiger partial charge is 0.133 e. The lowest BCUT2D eigenvalue weighted by Gasteiger charge is -2.08. The highest BCUT2D eigenvalue weighted by Crippen LogP contribution is 2.07. The second-order valence-electron chi connectivity index (χ2n) is 3.70. The van der Waals surface area contributed by atoms with Crippen molar-refractivity contribution in [1.82, 2.24) is 14.8 Å². The third-order valence-corrected chi connectivity index (χ3v) is 1.96. The average molecular weight is 182 g/mol. The van der Waals surface area contributed by atoms with Crippen molar-refractivity contribution in [3.05, 3.63) is 11.6 Å². The maximum atomic E-state index is 5.51. The molecule has 0 unspecified atom stereocenters. The van der Waals surface area contributed by atoms with Crippen LogP contribution in [0.2, 0.25) is 0 Å². The van der Waals surface area contributed by atoms with E-state index in [1.165, 1.54) is 0 Å². The van der Waals surface area contributed by atoms with Gasteiger partial charge in [0.25, 0.3) is 0 Å². The van der Waals surface area contributed by atoms with E-state index in [-0.39, 0.29) is 0 Å². The molecule has 0 aliphatic carbocycles. The molecule has 1 aromatic rings. The van der Waals surface area contributed by atoms with Crippen LogP contribution in [0.5, 0.6) is 0 Å². The highest BCUT2D eigenvalue weighted by Gasteiger charge is 2.08. The topological polar surface area (TPSA) is 56.7 Å². The van der Waals surface area contributed by atoms with Gasteiger partial charge in [-0.2, -0.15) is 0 Å². The number of hydrogen-bond donors (Lipinski definition) is 1. The zero-order chi connectivity index (χ0) is 9.84. The van der Waals surface area contributed by atoms with Crippen molar-refractivity contribution in [1.29, 1.82) is 0 Å². The van der Waals surface area contributed by atoms with Gasteiger partial charge in [0.05, 0.1) is 0 Å². The Morgan fingerprint density at radius 2 is 2.08 bits per heavy atom. The second kappa shape index (κ2) is 4.37. The van der Waals surface area contributed by atoms with Crippen LogP contribution < -0.4 is 5.73 Å². The molecule has 1 aromatic heterocycles. The van der Waals surface area contributed by atoms with Crippen molar-refractivity contribution in [2.75, 3.05) is 6.54 Å². The summed E-state index contributed by atoms with van der Waals surface area (Å²) in [6.45, 7) is 7.78. The molecular formula is C9H18N4. The minimum Gasteiger partial charge on any atom is -0.329 e. The first kappa shape index (κ1) is 10.2. The highest BCUT2D eigenvalue weighted by atomic mass is 15.3. The molecule has 1 rings (SSSR count). The molecule has 0 radical (unpaired) electrons. The van der Waals surface area contributed by atoms with Gasteiger partial charge in [-0.3, -0.25) is 0 Å². The molecule has 13 heavy (non-hydrogen) atoms. The van der Waals surface area contributed by atoms with Crippen LogP contribution in [0.15, 0.2) is 0 Å². The van der Waals surface area contributed by atoms with Crippen LogP contribution in [0.4, 0.5) is 0 Å². The first-order valence-corrected chi connectivity index (χ1v) is 4.74. The number of nitrogens with zero attached hydrogens (tertiary/aromatic N) is 3. The van der Waals surface area contributed by atoms with Crippen molar-refractivity contribution in [2.45, 2.75) is 33.7 Å². The molecule has 74 valence electrons. The fraction of sp³-hybridized carbons (Fsp3) is 0.778. The lowest BCUT2D eigenvalue weighted by molar-refractivity contribution is 0.569. The van der Waals surface area contributed by atoms with Crippen LogP contribution in [-0.4, -0.2) is 21.3 Å². The maximum Gasteiger partial charge on any atom is 0.133 e. The molecule has 0 aliphatic rings. The number of aryl methyl sites for hydroxylation is 1. The molecule has 4 heteroatoms. The average Bonchev–Trinajstić information content (AvgIpc) is 2.35. The second-order valence-corrected chi connectivity index (χ2v) is 3.70. The predicted octanol–water partition coefficient (Wildman–Crippen LogP) is 0.744. The summed E-state index contributed by atoms with van der Waals surface area (Å²) in [5, 5.41) is 8.18. The van der Waals surface area contributed by atoms with Gasteiger partial charge < -0.3 is 10.3 Å². The minimum absolute atomic E-state index is 0.611. The van der Waals surface area contributed by atoms with Crippen LogP contribution in [0.25, 0.3) is 0 Å². The van der Waals surface area contributed by atoms with E-state index in [1.807, 2.05) is 6.92 Å². The molecular weight excluding hydrogens is 164 g/mol. The molecule has 0 atom stereocenters. The Bertz CT molecular complexity index is 265. The molecule has 0 aromatic carbocycles. The van der Waals surface area contributed by atoms with Crippen LogP contribution >= 0.6 is 0 Å². The summed E-state index contributed by atoms with van der Waals surface area (Å²) < 4.78 is 2.10. The molecule has 4 nitrogen and oxygen atoms in total. The SMILES string of the molecule is Cc1nnc(CC(C)C)n1CCN. The molecule has 0 spiro atoms. The Hall–Kier alpha value is -0.900. The van der Waals surface area contributed by atoms with E-state index in [9.17, 15) is 0 Å². The first-order chi connectivity index (χ1) is 6.15. The van der Waals surface area contributed by atoms with Crippen molar-refractivity contribution in [3.8, 4) is 0 Å². The summed E-state index contributed by atoms with van der Waals surface area (Å²) in [4.78, 5) is 0. The molecule has 0 saturated heterocycles. The largest absolute Gasteiger partial charge is 0.329 e. The molecule has 0 aliphatic heterocycles. The standard InChI is InChI=1S/C9H18N4/c1-7(2)6-9-12-11-8(3)13(9)5-4-10/h7H,4-6,10H2,1-3H3. The number of aromatic nitrogens is 3. The molecule has 1 heterocycles. The van der Waals surface area contributed by atoms with E-state index in [4.69, 9.17) is 5.73 Å². The molecule has 2 N–H and O–H groups in total. The van der Waals surface area contributed by atoms with Gasteiger partial charge in [0.1, 0.15) is 11.6 Å². The fourth-order valence-electron chi connectivity index (χ4n) is 1.36. The highest BCUT2D eigenvalue weighted by molar-refractivity contribution is 4.94. The van der Waals surface area contributed by atoms with Gasteiger partial charge in [0.2, 0.25) is 0 Å². The van der Waals surface area contributed by atoms with E-state index < -0.39 is 0 Å². The van der Waals surface area contributed by atoms with E-state index in [0.717, 1.165) is 24.6 Å². The maximum absolute atomic E-state index is 5.51. The summed E-state index contributed by atoms with van der Waals surface area (Å²) in [6.07, 6.45) is 0.973. The van der Waals surface area contributed by atoms with Crippen LogP contribution in [0, 0.1) is 12.8 Å². The van der Waals surface area contributed by atoms with Crippen molar-refractivity contribution in [3.63, 3.8) is 0 Å². The van der Waals surface area contributed by atoms with E-state index in [1.54, 1.807) is 0 Å². The lowest BCUT2D eigenvalue weighted by atomic mass is 10.1. The minimum atomic E-state index is 0.611. The van der Waals surface area contributed by atoms with E-state index in [0.29, 0.717) is 12.5 Å². The van der Waals surface area contributed by atoms with Gasteiger partial charge in [-0.1, -0.05) is 13.8 Å². The van der Waals surface area contributed by atoms with Crippen LogP contribution in [0.3, 0.4) is 0 Å². The zero-order valence-corrected chi connectivity index (χ0v) is 8.62. The van der Waals surface area contributed by atoms with Crippen molar-refractivity contribution >= 4 is 0 Å². The van der Waals surface area contributed by atoms with Gasteiger partial charge in [-0.25, -0.2) is 0 Å². The normalized spacial score (nSPS) is 11.2. The Labute approximate surface area is 79.2 Å². The summed E-state index contributed by atoms with van der Waals surface area (Å²) >= 11 is 0. The first-order valence-electron chi connectivity index (χ1n) is 4.74. The molecule has 0 fully saturated rings. The lowest BCUT2D eigenvalue weighted by Crippen LogP contribution is -2.15. The van der Waals surface area contributed by atoms with Crippen molar-refractivity contribution in [2.24, 2.45) is 11.7 Å². The van der Waals surface area contributed by atoms with Crippen LogP contribution in [-0.2, 0) is 13.0 Å². The van der Waals surface area contributed by atoms with Gasteiger partial charge in [0.15, 0.2) is 0 Å². The summed E-state index contributed by atoms with van der Waals surface area (Å²) in [5.74, 6) is 2.62. The summed E-state index contributed by atoms with van der Waals surface area (Å²) in [5.41, 5.74) is 5.51. The van der Waals surface area contributed by atoms with Crippen molar-refractivity contribution < 1.29 is 0 Å². The molecule has 0 bridgehead atoms. The van der Waals surface area contributed by atoms with Gasteiger partial charge in [-0.05, 0) is 12.8 Å². The zero-order valence-electron chi connectivity index (χ0n) is 8.62. The fourth-order valence-corrected chi connectivity index (χ4v) is 1.36. The molecule has 0 saturated carbocycles. The number of rotatable bonds is 4. The van der Waals surface area contributed by atoms with Gasteiger partial charge >= 0.3 is 0 Å². The van der Waals surface area contributed by atoms with E-state index in [2.05, 4.69) is 28.6 Å². The third kappa shape index (κ3) is 2.52. The van der Waals surface area contributed by atoms with E-state index >= 15 is 0 Å². The Morgan fingerprint density at radius 3 is 2.62 bits per heavy atom. The summed E-state index contributed by atoms with van der Waals surface area (Å²) in [7, 11) is 0. The monoisotopic (exact) mass is 182 g/mol. The third-order valence-electron chi connectivity index (χ3n) is 1.96. The molecule has 0 amide bonds. The van der Waals surface area contributed by atoms with Gasteiger partial charge in [0, 0.05) is 19.5 Å². The predicted molar refractivity (Wildman–Crippen MR) is 52.4 cm³/mol. The quantitative estimate of drug-likeness (QED) is 0.747. The Balaban J connectivity index is 2.80. The Kier molecular flexibility index (Phi) is 3.42. The number of hydrogen-bond acceptors (Lipinski definition) is 3.